The summed E-state index contributed by atoms with van der Waals surface area (Å²) >= 11 is 0. The largest absolute Gasteiger partial charge is 0.481 e. The summed E-state index contributed by atoms with van der Waals surface area (Å²) in [5, 5.41) is 11.6. The van der Waals surface area contributed by atoms with Gasteiger partial charge in [0, 0.05) is 11.6 Å². The molecule has 2 rings (SSSR count). The van der Waals surface area contributed by atoms with Crippen LogP contribution >= 0.6 is 0 Å². The Morgan fingerprint density at radius 3 is 2.58 bits per heavy atom. The summed E-state index contributed by atoms with van der Waals surface area (Å²) in [7, 11) is 0. The summed E-state index contributed by atoms with van der Waals surface area (Å²) in [5.41, 5.74) is 1.01. The third kappa shape index (κ3) is 3.10. The van der Waals surface area contributed by atoms with Crippen LogP contribution in [0, 0.1) is 24.6 Å². The van der Waals surface area contributed by atoms with E-state index in [4.69, 9.17) is 5.11 Å². The van der Waals surface area contributed by atoms with Crippen molar-refractivity contribution in [3.63, 3.8) is 0 Å². The topological polar surface area (TPSA) is 66.4 Å². The van der Waals surface area contributed by atoms with Crippen molar-refractivity contribution in [1.29, 1.82) is 0 Å². The van der Waals surface area contributed by atoms with Crippen molar-refractivity contribution in [3.8, 4) is 0 Å². The number of carbonyl (C=O) groups is 2. The summed E-state index contributed by atoms with van der Waals surface area (Å²) in [6.07, 6.45) is 1.50. The number of amides is 1. The van der Waals surface area contributed by atoms with E-state index < -0.39 is 11.9 Å². The van der Waals surface area contributed by atoms with E-state index in [0.717, 1.165) is 0 Å². The van der Waals surface area contributed by atoms with Crippen LogP contribution < -0.4 is 5.32 Å². The lowest BCUT2D eigenvalue weighted by atomic mass is 10.0. The van der Waals surface area contributed by atoms with Gasteiger partial charge in [-0.25, -0.2) is 4.39 Å². The number of carbonyl (C=O) groups excluding carboxylic acids is 1. The van der Waals surface area contributed by atoms with Gasteiger partial charge in [-0.2, -0.15) is 0 Å². The zero-order chi connectivity index (χ0) is 14.0. The van der Waals surface area contributed by atoms with E-state index in [2.05, 4.69) is 5.32 Å². The van der Waals surface area contributed by atoms with Gasteiger partial charge in [0.05, 0.1) is 5.92 Å². The second-order valence-corrected chi connectivity index (χ2v) is 5.00. The van der Waals surface area contributed by atoms with Crippen LogP contribution in [0.1, 0.15) is 24.8 Å². The molecule has 0 unspecified atom stereocenters. The Bertz CT molecular complexity index is 515. The maximum Gasteiger partial charge on any atom is 0.306 e. The average molecular weight is 265 g/mol. The number of rotatable bonds is 3. The van der Waals surface area contributed by atoms with E-state index in [1.165, 1.54) is 12.1 Å². The fourth-order valence-electron chi connectivity index (χ4n) is 2.41. The van der Waals surface area contributed by atoms with Crippen molar-refractivity contribution >= 4 is 17.6 Å². The molecule has 0 aromatic heterocycles. The summed E-state index contributed by atoms with van der Waals surface area (Å²) in [6.45, 7) is 1.63. The zero-order valence-corrected chi connectivity index (χ0v) is 10.6. The van der Waals surface area contributed by atoms with Gasteiger partial charge in [-0.05, 0) is 49.9 Å². The van der Waals surface area contributed by atoms with E-state index in [0.29, 0.717) is 30.5 Å². The Labute approximate surface area is 110 Å². The number of carboxylic acids is 1. The smallest absolute Gasteiger partial charge is 0.306 e. The van der Waals surface area contributed by atoms with Crippen molar-refractivity contribution in [2.75, 3.05) is 5.32 Å². The molecule has 1 saturated carbocycles. The van der Waals surface area contributed by atoms with Crippen molar-refractivity contribution in [2.24, 2.45) is 11.8 Å². The lowest BCUT2D eigenvalue weighted by Gasteiger charge is -2.11. The maximum absolute atomic E-state index is 13.1. The minimum absolute atomic E-state index is 0.185. The predicted molar refractivity (Wildman–Crippen MR) is 68.2 cm³/mol. The van der Waals surface area contributed by atoms with Gasteiger partial charge in [-0.3, -0.25) is 9.59 Å². The molecule has 0 spiro atoms. The van der Waals surface area contributed by atoms with E-state index in [9.17, 15) is 14.0 Å². The van der Waals surface area contributed by atoms with E-state index in [-0.39, 0.29) is 17.6 Å². The second-order valence-electron chi connectivity index (χ2n) is 5.00. The maximum atomic E-state index is 13.1. The van der Waals surface area contributed by atoms with Crippen LogP contribution in [0.5, 0.6) is 0 Å². The zero-order valence-electron chi connectivity index (χ0n) is 10.6. The first-order chi connectivity index (χ1) is 8.97. The van der Waals surface area contributed by atoms with Crippen LogP contribution in [0.4, 0.5) is 10.1 Å². The quantitative estimate of drug-likeness (QED) is 0.882. The molecule has 19 heavy (non-hydrogen) atoms. The number of benzene rings is 1. The van der Waals surface area contributed by atoms with Gasteiger partial charge in [0.2, 0.25) is 5.91 Å². The number of halogens is 1. The first-order valence-corrected chi connectivity index (χ1v) is 6.27. The van der Waals surface area contributed by atoms with E-state index in [1.54, 1.807) is 13.0 Å². The van der Waals surface area contributed by atoms with Crippen LogP contribution in [-0.4, -0.2) is 17.0 Å². The SMILES string of the molecule is Cc1cc(NC(=O)[C@@H]2CC[C@H](C(=O)O)C2)ccc1F. The molecule has 0 heterocycles. The first-order valence-electron chi connectivity index (χ1n) is 6.27. The molecular formula is C14H16FNO3. The minimum Gasteiger partial charge on any atom is -0.481 e. The molecule has 1 aliphatic carbocycles. The number of nitrogens with one attached hydrogen (secondary N) is 1. The predicted octanol–water partition coefficient (Wildman–Crippen LogP) is 2.57. The van der Waals surface area contributed by atoms with Gasteiger partial charge in [0.1, 0.15) is 5.82 Å². The van der Waals surface area contributed by atoms with Gasteiger partial charge >= 0.3 is 5.97 Å². The van der Waals surface area contributed by atoms with E-state index in [1.807, 2.05) is 0 Å². The highest BCUT2D eigenvalue weighted by atomic mass is 19.1. The molecule has 1 amide bonds. The molecule has 1 aromatic rings. The van der Waals surface area contributed by atoms with Gasteiger partial charge in [-0.15, -0.1) is 0 Å². The molecule has 2 atom stereocenters. The molecule has 102 valence electrons. The number of hydrogen-bond acceptors (Lipinski definition) is 2. The minimum atomic E-state index is -0.840. The molecule has 0 bridgehead atoms. The van der Waals surface area contributed by atoms with Crippen molar-refractivity contribution in [3.05, 3.63) is 29.6 Å². The lowest BCUT2D eigenvalue weighted by Crippen LogP contribution is -2.21. The molecule has 2 N–H and O–H groups in total. The fourth-order valence-corrected chi connectivity index (χ4v) is 2.41. The standard InChI is InChI=1S/C14H16FNO3/c1-8-6-11(4-5-12(8)15)16-13(17)9-2-3-10(7-9)14(18)19/h4-6,9-10H,2-3,7H2,1H3,(H,16,17)(H,18,19)/t9-,10+/m1/s1. The van der Waals surface area contributed by atoms with Crippen LogP contribution in [0.3, 0.4) is 0 Å². The van der Waals surface area contributed by atoms with Crippen LogP contribution in [0.2, 0.25) is 0 Å². The Hall–Kier alpha value is -1.91. The number of anilines is 1. The van der Waals surface area contributed by atoms with Crippen molar-refractivity contribution in [1.82, 2.24) is 0 Å². The normalized spacial score (nSPS) is 22.2. The highest BCUT2D eigenvalue weighted by molar-refractivity contribution is 5.93. The second kappa shape index (κ2) is 5.38. The summed E-state index contributed by atoms with van der Waals surface area (Å²) in [4.78, 5) is 22.8. The number of carboxylic acid groups (broad SMARTS) is 1. The lowest BCUT2D eigenvalue weighted by molar-refractivity contribution is -0.141. The van der Waals surface area contributed by atoms with Gasteiger partial charge < -0.3 is 10.4 Å². The van der Waals surface area contributed by atoms with Gasteiger partial charge in [-0.1, -0.05) is 0 Å². The Morgan fingerprint density at radius 2 is 2.00 bits per heavy atom. The molecular weight excluding hydrogens is 249 g/mol. The molecule has 4 nitrogen and oxygen atoms in total. The molecule has 0 aliphatic heterocycles. The third-order valence-corrected chi connectivity index (χ3v) is 3.58. The highest BCUT2D eigenvalue weighted by Gasteiger charge is 2.33. The van der Waals surface area contributed by atoms with Gasteiger partial charge in [0.15, 0.2) is 0 Å². The highest BCUT2D eigenvalue weighted by Crippen LogP contribution is 2.32. The van der Waals surface area contributed by atoms with Crippen molar-refractivity contribution < 1.29 is 19.1 Å². The summed E-state index contributed by atoms with van der Waals surface area (Å²) in [5.74, 6) is -2.04. The molecule has 0 saturated heterocycles. The van der Waals surface area contributed by atoms with Crippen LogP contribution in [0.25, 0.3) is 0 Å². The van der Waals surface area contributed by atoms with Crippen molar-refractivity contribution in [2.45, 2.75) is 26.2 Å². The van der Waals surface area contributed by atoms with Crippen LogP contribution in [-0.2, 0) is 9.59 Å². The molecule has 1 aromatic carbocycles. The Balaban J connectivity index is 1.98. The first kappa shape index (κ1) is 13.5. The Kier molecular flexibility index (Phi) is 3.83. The monoisotopic (exact) mass is 265 g/mol. The number of aliphatic carboxylic acids is 1. The molecule has 1 aliphatic rings. The summed E-state index contributed by atoms with van der Waals surface area (Å²) in [6, 6.07) is 4.38. The number of hydrogen-bond donors (Lipinski definition) is 2. The third-order valence-electron chi connectivity index (χ3n) is 3.58. The number of aryl methyl sites for hydroxylation is 1. The summed E-state index contributed by atoms with van der Waals surface area (Å²) < 4.78 is 13.1. The molecule has 1 fully saturated rings. The van der Waals surface area contributed by atoms with Crippen LogP contribution in [0.15, 0.2) is 18.2 Å². The fraction of sp³-hybridized carbons (Fsp3) is 0.429. The Morgan fingerprint density at radius 1 is 1.32 bits per heavy atom. The molecule has 5 heteroatoms. The molecule has 0 radical (unpaired) electrons. The average Bonchev–Trinajstić information content (AvgIpc) is 2.83. The van der Waals surface area contributed by atoms with Gasteiger partial charge in [0.25, 0.3) is 0 Å². The van der Waals surface area contributed by atoms with E-state index >= 15 is 0 Å².